The molecule has 200 valence electrons. The van der Waals surface area contributed by atoms with Crippen molar-refractivity contribution < 1.29 is 38.7 Å². The Bertz CT molecular complexity index is 938. The van der Waals surface area contributed by atoms with Crippen LogP contribution in [0.4, 0.5) is 0 Å². The molecule has 8 nitrogen and oxygen atoms in total. The number of aliphatic hydroxyl groups is 2. The van der Waals surface area contributed by atoms with Crippen LogP contribution in [0.25, 0.3) is 6.08 Å². The van der Waals surface area contributed by atoms with Crippen LogP contribution in [0.2, 0.25) is 0 Å². The summed E-state index contributed by atoms with van der Waals surface area (Å²) in [4.78, 5) is 13.5. The van der Waals surface area contributed by atoms with Crippen molar-refractivity contribution >= 4 is 12.0 Å². The van der Waals surface area contributed by atoms with Gasteiger partial charge in [-0.15, -0.1) is 0 Å². The van der Waals surface area contributed by atoms with Crippen LogP contribution in [-0.2, 0) is 25.4 Å². The molecule has 2 N–H and O–H groups in total. The second-order valence-electron chi connectivity index (χ2n) is 9.86. The van der Waals surface area contributed by atoms with Crippen molar-refractivity contribution in [2.75, 3.05) is 20.5 Å². The van der Waals surface area contributed by atoms with Crippen LogP contribution in [-0.4, -0.2) is 66.9 Å². The highest BCUT2D eigenvalue weighted by molar-refractivity contribution is 5.97. The number of hydrogen-bond acceptors (Lipinski definition) is 8. The normalized spacial score (nSPS) is 29.1. The number of benzene rings is 1. The lowest BCUT2D eigenvalue weighted by Gasteiger charge is -2.23. The summed E-state index contributed by atoms with van der Waals surface area (Å²) in [5, 5.41) is 20.1. The van der Waals surface area contributed by atoms with E-state index in [-0.39, 0.29) is 25.4 Å². The Morgan fingerprint density at radius 1 is 1.14 bits per heavy atom. The minimum absolute atomic E-state index is 0.0100. The number of ether oxygens (including phenoxy) is 5. The van der Waals surface area contributed by atoms with Crippen LogP contribution >= 0.6 is 0 Å². The smallest absolute Gasteiger partial charge is 0.342 e. The van der Waals surface area contributed by atoms with E-state index >= 15 is 0 Å². The zero-order valence-electron chi connectivity index (χ0n) is 21.9. The van der Waals surface area contributed by atoms with Gasteiger partial charge in [0, 0.05) is 19.6 Å². The summed E-state index contributed by atoms with van der Waals surface area (Å²) in [6.07, 6.45) is 7.69. The number of aliphatic hydroxyl groups excluding tert-OH is 2. The minimum atomic E-state index is -0.867. The number of carbonyl (C=O) groups is 1. The van der Waals surface area contributed by atoms with Gasteiger partial charge in [0.2, 0.25) is 0 Å². The van der Waals surface area contributed by atoms with Gasteiger partial charge in [0.25, 0.3) is 0 Å². The average Bonchev–Trinajstić information content (AvgIpc) is 3.15. The Labute approximate surface area is 213 Å². The second kappa shape index (κ2) is 12.8. The molecule has 2 aliphatic rings. The molecule has 0 spiro atoms. The summed E-state index contributed by atoms with van der Waals surface area (Å²) in [5.74, 6) is -1.09. The van der Waals surface area contributed by atoms with Crippen LogP contribution in [0.1, 0.15) is 68.4 Å². The van der Waals surface area contributed by atoms with Crippen molar-refractivity contribution in [1.82, 2.24) is 0 Å². The Hall–Kier alpha value is -2.23. The number of esters is 1. The Balaban J connectivity index is 2.08. The number of fused-ring (bicyclic) bond motifs is 2. The van der Waals surface area contributed by atoms with E-state index in [1.165, 1.54) is 7.11 Å². The fourth-order valence-electron chi connectivity index (χ4n) is 4.48. The van der Waals surface area contributed by atoms with E-state index in [2.05, 4.69) is 0 Å². The number of cyclic esters (lactones) is 1. The maximum absolute atomic E-state index is 13.5. The predicted octanol–water partition coefficient (Wildman–Crippen LogP) is 4.02. The molecule has 0 bridgehead atoms. The van der Waals surface area contributed by atoms with E-state index in [0.717, 1.165) is 12.0 Å². The summed E-state index contributed by atoms with van der Waals surface area (Å²) in [6.45, 7) is 7.51. The van der Waals surface area contributed by atoms with E-state index < -0.39 is 30.1 Å². The van der Waals surface area contributed by atoms with Crippen molar-refractivity contribution in [3.05, 3.63) is 47.1 Å². The molecule has 0 aromatic heterocycles. The largest absolute Gasteiger partial charge is 0.467 e. The number of hydrogen-bond donors (Lipinski definition) is 2. The lowest BCUT2D eigenvalue weighted by atomic mass is 9.94. The third-order valence-electron chi connectivity index (χ3n) is 6.54. The van der Waals surface area contributed by atoms with E-state index in [1.807, 2.05) is 52.0 Å². The molecule has 0 aliphatic carbocycles. The first-order valence-corrected chi connectivity index (χ1v) is 12.6. The van der Waals surface area contributed by atoms with Gasteiger partial charge in [-0.1, -0.05) is 37.3 Å². The van der Waals surface area contributed by atoms with Gasteiger partial charge in [-0.3, -0.25) is 0 Å². The first-order chi connectivity index (χ1) is 17.2. The highest BCUT2D eigenvalue weighted by atomic mass is 16.8. The Kier molecular flexibility index (Phi) is 10.1. The lowest BCUT2D eigenvalue weighted by Crippen LogP contribution is -2.34. The van der Waals surface area contributed by atoms with Gasteiger partial charge in [-0.25, -0.2) is 4.79 Å². The molecule has 0 amide bonds. The third-order valence-corrected chi connectivity index (χ3v) is 6.54. The predicted molar refractivity (Wildman–Crippen MR) is 136 cm³/mol. The lowest BCUT2D eigenvalue weighted by molar-refractivity contribution is -0.152. The van der Waals surface area contributed by atoms with Crippen LogP contribution in [0, 0.1) is 5.92 Å². The summed E-state index contributed by atoms with van der Waals surface area (Å²) in [5.41, 5.74) is 1.99. The van der Waals surface area contributed by atoms with Crippen LogP contribution in [0.3, 0.4) is 0 Å². The fourth-order valence-corrected chi connectivity index (χ4v) is 4.48. The molecule has 8 heteroatoms. The van der Waals surface area contributed by atoms with E-state index in [4.69, 9.17) is 23.7 Å². The summed E-state index contributed by atoms with van der Waals surface area (Å²) >= 11 is 0. The zero-order chi connectivity index (χ0) is 26.3. The molecule has 36 heavy (non-hydrogen) atoms. The summed E-state index contributed by atoms with van der Waals surface area (Å²) in [7, 11) is 1.52. The molecule has 2 heterocycles. The Morgan fingerprint density at radius 3 is 2.64 bits per heavy atom. The molecule has 2 aliphatic heterocycles. The van der Waals surface area contributed by atoms with Crippen LogP contribution in [0.15, 0.2) is 30.4 Å². The third kappa shape index (κ3) is 7.17. The first kappa shape index (κ1) is 28.3. The molecule has 5 atom stereocenters. The van der Waals surface area contributed by atoms with Crippen molar-refractivity contribution in [3.63, 3.8) is 0 Å². The fraction of sp³-hybridized carbons (Fsp3) is 0.607. The number of aryl methyl sites for hydroxylation is 1. The standard InChI is InChI=1S/C28H40O8/c1-18-12-14-22(30)26-24(35-28(3,4)36-26)11-8-10-21-20(9-6-7-16-29)13-15-23(33-17-32-5)25(21)27(31)34-19(18)2/h8,10,12-15,18-19,22,24,26,29-30H,6-7,9,11,16-17H2,1-5H3/b10-8?,14-12-/t18-,19+,22?,24+,26-/m1/s1. The second-order valence-corrected chi connectivity index (χ2v) is 9.86. The topological polar surface area (TPSA) is 104 Å². The van der Waals surface area contributed by atoms with Crippen LogP contribution < -0.4 is 4.74 Å². The van der Waals surface area contributed by atoms with Gasteiger partial charge in [0.05, 0.1) is 6.10 Å². The van der Waals surface area contributed by atoms with Gasteiger partial charge >= 0.3 is 5.97 Å². The molecule has 3 rings (SSSR count). The maximum atomic E-state index is 13.5. The summed E-state index contributed by atoms with van der Waals surface area (Å²) in [6, 6.07) is 3.70. The van der Waals surface area contributed by atoms with Crippen molar-refractivity contribution in [3.8, 4) is 5.75 Å². The van der Waals surface area contributed by atoms with Crippen molar-refractivity contribution in [2.24, 2.45) is 5.92 Å². The molecule has 1 aromatic carbocycles. The molecular weight excluding hydrogens is 464 g/mol. The molecule has 1 unspecified atom stereocenters. The monoisotopic (exact) mass is 504 g/mol. The SMILES string of the molecule is COCOc1ccc(CCCCO)c2c1C(=O)O[C@@H](C)[C@H](C)/C=C\C(O)[C@H]1OC(C)(C)O[C@H]1CC=C2. The number of carbonyl (C=O) groups excluding carboxylic acids is 1. The maximum Gasteiger partial charge on any atom is 0.342 e. The highest BCUT2D eigenvalue weighted by Crippen LogP contribution is 2.34. The molecular formula is C28H40O8. The van der Waals surface area contributed by atoms with Gasteiger partial charge in [-0.05, 0) is 63.6 Å². The molecule has 0 radical (unpaired) electrons. The molecule has 1 saturated heterocycles. The molecule has 1 fully saturated rings. The Morgan fingerprint density at radius 2 is 1.92 bits per heavy atom. The number of unbranched alkanes of at least 4 members (excludes halogenated alkanes) is 1. The quantitative estimate of drug-likeness (QED) is 0.248. The molecule has 0 saturated carbocycles. The van der Waals surface area contributed by atoms with Gasteiger partial charge < -0.3 is 33.9 Å². The van der Waals surface area contributed by atoms with E-state index in [9.17, 15) is 15.0 Å². The minimum Gasteiger partial charge on any atom is -0.467 e. The van der Waals surface area contributed by atoms with Crippen molar-refractivity contribution in [1.29, 1.82) is 0 Å². The van der Waals surface area contributed by atoms with Gasteiger partial charge in [0.15, 0.2) is 12.6 Å². The first-order valence-electron chi connectivity index (χ1n) is 12.6. The van der Waals surface area contributed by atoms with E-state index in [0.29, 0.717) is 36.1 Å². The number of methoxy groups -OCH3 is 1. The highest BCUT2D eigenvalue weighted by Gasteiger charge is 2.43. The summed E-state index contributed by atoms with van der Waals surface area (Å²) < 4.78 is 28.8. The zero-order valence-corrected chi connectivity index (χ0v) is 21.9. The van der Waals surface area contributed by atoms with Crippen molar-refractivity contribution in [2.45, 2.75) is 83.6 Å². The number of rotatable bonds is 7. The van der Waals surface area contributed by atoms with Gasteiger partial charge in [-0.2, -0.15) is 0 Å². The molecule has 1 aromatic rings. The average molecular weight is 505 g/mol. The van der Waals surface area contributed by atoms with E-state index in [1.54, 1.807) is 12.1 Å². The van der Waals surface area contributed by atoms with Crippen LogP contribution in [0.5, 0.6) is 5.75 Å². The van der Waals surface area contributed by atoms with Gasteiger partial charge in [0.1, 0.15) is 29.6 Å².